The zero-order chi connectivity index (χ0) is 17.1. The quantitative estimate of drug-likeness (QED) is 0.386. The molecule has 5 aromatic rings. The summed E-state index contributed by atoms with van der Waals surface area (Å²) in [7, 11) is 0. The van der Waals surface area contributed by atoms with Gasteiger partial charge in [0.1, 0.15) is 5.65 Å². The van der Waals surface area contributed by atoms with E-state index in [1.54, 1.807) is 0 Å². The number of nitrogens with zero attached hydrogens (tertiary/aromatic N) is 2. The summed E-state index contributed by atoms with van der Waals surface area (Å²) in [4.78, 5) is 5.04. The molecule has 1 aliphatic rings. The average molecular weight is 332 g/mol. The van der Waals surface area contributed by atoms with Crippen molar-refractivity contribution in [3.05, 3.63) is 83.4 Å². The monoisotopic (exact) mass is 332 g/mol. The molecule has 2 aromatic heterocycles. The summed E-state index contributed by atoms with van der Waals surface area (Å²) < 4.78 is 2.32. The van der Waals surface area contributed by atoms with Crippen molar-refractivity contribution in [3.63, 3.8) is 0 Å². The standard InChI is InChI=1S/C24H16N2/c1-2-10-18-19-15-14-16-8-4-5-9-17(16)23(19)24-25-20-11-6-7-13-22(20)26(24)21(18)12-3-1/h1,3-15H,2H2. The van der Waals surface area contributed by atoms with Gasteiger partial charge in [0.05, 0.1) is 16.4 Å². The number of imidazole rings is 1. The molecule has 0 atom stereocenters. The Labute approximate surface area is 150 Å². The van der Waals surface area contributed by atoms with Gasteiger partial charge >= 0.3 is 0 Å². The van der Waals surface area contributed by atoms with Crippen molar-refractivity contribution in [3.8, 4) is 0 Å². The summed E-state index contributed by atoms with van der Waals surface area (Å²) in [5, 5.41) is 7.55. The summed E-state index contributed by atoms with van der Waals surface area (Å²) in [5.74, 6) is 0. The third-order valence-electron chi connectivity index (χ3n) is 5.37. The van der Waals surface area contributed by atoms with Crippen molar-refractivity contribution in [1.82, 2.24) is 9.38 Å². The number of pyridine rings is 1. The molecule has 26 heavy (non-hydrogen) atoms. The Hall–Kier alpha value is -3.39. The maximum atomic E-state index is 5.04. The van der Waals surface area contributed by atoms with Gasteiger partial charge in [-0.25, -0.2) is 4.98 Å². The lowest BCUT2D eigenvalue weighted by Crippen LogP contribution is -2.32. The first-order chi connectivity index (χ1) is 12.9. The molecule has 3 aromatic carbocycles. The molecule has 0 fully saturated rings. The van der Waals surface area contributed by atoms with E-state index in [-0.39, 0.29) is 0 Å². The molecule has 0 spiro atoms. The van der Waals surface area contributed by atoms with Crippen molar-refractivity contribution < 1.29 is 0 Å². The second-order valence-electron chi connectivity index (χ2n) is 6.80. The first-order valence-corrected chi connectivity index (χ1v) is 8.99. The van der Waals surface area contributed by atoms with Gasteiger partial charge in [0.15, 0.2) is 0 Å². The highest BCUT2D eigenvalue weighted by atomic mass is 15.0. The number of hydrogen-bond donors (Lipinski definition) is 0. The predicted octanol–water partition coefficient (Wildman–Crippen LogP) is 4.31. The molecule has 122 valence electrons. The first-order valence-electron chi connectivity index (χ1n) is 8.99. The molecule has 1 aliphatic carbocycles. The van der Waals surface area contributed by atoms with E-state index < -0.39 is 0 Å². The largest absolute Gasteiger partial charge is 0.292 e. The van der Waals surface area contributed by atoms with Crippen molar-refractivity contribution >= 4 is 50.4 Å². The van der Waals surface area contributed by atoms with E-state index in [0.717, 1.165) is 23.1 Å². The summed E-state index contributed by atoms with van der Waals surface area (Å²) in [6, 6.07) is 21.5. The summed E-state index contributed by atoms with van der Waals surface area (Å²) in [6.45, 7) is 0. The second-order valence-corrected chi connectivity index (χ2v) is 6.80. The van der Waals surface area contributed by atoms with Crippen LogP contribution in [0.1, 0.15) is 6.42 Å². The number of para-hydroxylation sites is 2. The molecule has 2 nitrogen and oxygen atoms in total. The fraction of sp³-hybridized carbons (Fsp3) is 0.0417. The topological polar surface area (TPSA) is 17.3 Å². The van der Waals surface area contributed by atoms with Gasteiger partial charge in [0.25, 0.3) is 0 Å². The minimum absolute atomic E-state index is 0.948. The summed E-state index contributed by atoms with van der Waals surface area (Å²) in [5.41, 5.74) is 3.24. The lowest BCUT2D eigenvalue weighted by Gasteiger charge is -2.09. The normalized spacial score (nSPS) is 13.7. The van der Waals surface area contributed by atoms with Gasteiger partial charge in [-0.2, -0.15) is 0 Å². The van der Waals surface area contributed by atoms with Crippen LogP contribution in [0.5, 0.6) is 0 Å². The lowest BCUT2D eigenvalue weighted by atomic mass is 10.0. The van der Waals surface area contributed by atoms with E-state index in [4.69, 9.17) is 4.98 Å². The number of rotatable bonds is 0. The molecule has 6 rings (SSSR count). The third-order valence-corrected chi connectivity index (χ3v) is 5.37. The Morgan fingerprint density at radius 2 is 1.73 bits per heavy atom. The number of hydrogen-bond acceptors (Lipinski definition) is 1. The number of fused-ring (bicyclic) bond motifs is 10. The van der Waals surface area contributed by atoms with Crippen molar-refractivity contribution in [2.24, 2.45) is 0 Å². The van der Waals surface area contributed by atoms with Crippen molar-refractivity contribution in [2.75, 3.05) is 0 Å². The Kier molecular flexibility index (Phi) is 2.69. The first kappa shape index (κ1) is 13.9. The smallest absolute Gasteiger partial charge is 0.147 e. The molecule has 0 N–H and O–H groups in total. The Bertz CT molecular complexity index is 1500. The van der Waals surface area contributed by atoms with Crippen LogP contribution in [0.3, 0.4) is 0 Å². The summed E-state index contributed by atoms with van der Waals surface area (Å²) in [6.07, 6.45) is 9.86. The molecular formula is C24H16N2. The zero-order valence-corrected chi connectivity index (χ0v) is 14.2. The Morgan fingerprint density at radius 3 is 2.73 bits per heavy atom. The Balaban J connectivity index is 2.07. The third kappa shape index (κ3) is 1.73. The molecule has 0 unspecified atom stereocenters. The molecule has 0 aliphatic heterocycles. The minimum Gasteiger partial charge on any atom is -0.292 e. The maximum Gasteiger partial charge on any atom is 0.147 e. The maximum absolute atomic E-state index is 5.04. The average Bonchev–Trinajstić information content (AvgIpc) is 2.90. The van der Waals surface area contributed by atoms with Gasteiger partial charge in [-0.3, -0.25) is 4.40 Å². The highest BCUT2D eigenvalue weighted by Gasteiger charge is 2.13. The lowest BCUT2D eigenvalue weighted by molar-refractivity contribution is 1.16. The molecule has 0 amide bonds. The van der Waals surface area contributed by atoms with Crippen molar-refractivity contribution in [1.29, 1.82) is 0 Å². The molecule has 0 saturated carbocycles. The molecule has 0 radical (unpaired) electrons. The van der Waals surface area contributed by atoms with Gasteiger partial charge in [-0.05, 0) is 40.8 Å². The molecular weight excluding hydrogens is 316 g/mol. The van der Waals surface area contributed by atoms with E-state index >= 15 is 0 Å². The number of aromatic nitrogens is 2. The van der Waals surface area contributed by atoms with Crippen LogP contribution in [0.4, 0.5) is 0 Å². The molecule has 2 heteroatoms. The van der Waals surface area contributed by atoms with Crippen LogP contribution in [0.25, 0.3) is 50.4 Å². The van der Waals surface area contributed by atoms with Crippen LogP contribution >= 0.6 is 0 Å². The van der Waals surface area contributed by atoms with Crippen LogP contribution in [0, 0.1) is 0 Å². The predicted molar refractivity (Wildman–Crippen MR) is 110 cm³/mol. The second kappa shape index (κ2) is 5.06. The number of allylic oxidation sites excluding steroid dienone is 2. The highest BCUT2D eigenvalue weighted by Crippen LogP contribution is 2.28. The van der Waals surface area contributed by atoms with Crippen molar-refractivity contribution in [2.45, 2.75) is 6.42 Å². The van der Waals surface area contributed by atoms with Crippen LogP contribution in [-0.2, 0) is 0 Å². The fourth-order valence-electron chi connectivity index (χ4n) is 4.24. The van der Waals surface area contributed by atoms with Crippen LogP contribution < -0.4 is 10.6 Å². The van der Waals surface area contributed by atoms with Gasteiger partial charge in [0.2, 0.25) is 0 Å². The van der Waals surface area contributed by atoms with E-state index in [9.17, 15) is 0 Å². The Morgan fingerprint density at radius 1 is 0.846 bits per heavy atom. The van der Waals surface area contributed by atoms with Crippen LogP contribution in [0.2, 0.25) is 0 Å². The van der Waals surface area contributed by atoms with E-state index in [1.165, 1.54) is 32.1 Å². The fourth-order valence-corrected chi connectivity index (χ4v) is 4.24. The van der Waals surface area contributed by atoms with E-state index in [2.05, 4.69) is 89.4 Å². The molecule has 0 bridgehead atoms. The number of benzene rings is 3. The van der Waals surface area contributed by atoms with Gasteiger partial charge in [-0.1, -0.05) is 66.8 Å². The minimum atomic E-state index is 0.948. The zero-order valence-electron chi connectivity index (χ0n) is 14.2. The van der Waals surface area contributed by atoms with Crippen LogP contribution in [-0.4, -0.2) is 9.38 Å². The van der Waals surface area contributed by atoms with Crippen LogP contribution in [0.15, 0.2) is 72.8 Å². The van der Waals surface area contributed by atoms with Gasteiger partial charge < -0.3 is 0 Å². The summed E-state index contributed by atoms with van der Waals surface area (Å²) >= 11 is 0. The molecule has 0 saturated heterocycles. The van der Waals surface area contributed by atoms with E-state index in [0.29, 0.717) is 0 Å². The molecule has 2 heterocycles. The SMILES string of the molecule is C1=CCC=c2c(n3c4ccccc4nc3c3c2ccc2ccccc23)=C1. The van der Waals surface area contributed by atoms with Gasteiger partial charge in [0, 0.05) is 10.6 Å². The van der Waals surface area contributed by atoms with Gasteiger partial charge in [-0.15, -0.1) is 0 Å². The highest BCUT2D eigenvalue weighted by molar-refractivity contribution is 6.15. The van der Waals surface area contributed by atoms with E-state index in [1.807, 2.05) is 0 Å².